The first-order chi connectivity index (χ1) is 4.33. The molecule has 0 saturated carbocycles. The Morgan fingerprint density at radius 2 is 2.56 bits per heavy atom. The fourth-order valence-corrected chi connectivity index (χ4v) is 0.585. The van der Waals surface area contributed by atoms with Crippen molar-refractivity contribution in [2.24, 2.45) is 5.18 Å². The molecule has 4 nitrogen and oxygen atoms in total. The molecule has 0 saturated heterocycles. The zero-order valence-electron chi connectivity index (χ0n) is 4.61. The monoisotopic (exact) mass is 127 g/mol. The second kappa shape index (κ2) is 2.39. The van der Waals surface area contributed by atoms with Gasteiger partial charge in [-0.2, -0.15) is 4.91 Å². The minimum Gasteiger partial charge on any atom is -0.453 e. The largest absolute Gasteiger partial charge is 0.453 e. The van der Waals surface area contributed by atoms with E-state index in [-0.39, 0.29) is 6.54 Å². The Labute approximate surface area is 51.5 Å². The molecule has 1 heterocycles. The predicted molar refractivity (Wildman–Crippen MR) is 29.7 cm³/mol. The third kappa shape index (κ3) is 1.35. The van der Waals surface area contributed by atoms with Crippen LogP contribution >= 0.6 is 0 Å². The van der Waals surface area contributed by atoms with E-state index in [1.54, 1.807) is 0 Å². The third-order valence-electron chi connectivity index (χ3n) is 0.969. The lowest BCUT2D eigenvalue weighted by atomic mass is 10.3. The minimum atomic E-state index is -0.421. The number of esters is 1. The highest BCUT2D eigenvalue weighted by atomic mass is 16.5. The molecule has 4 heteroatoms. The molecule has 1 aliphatic heterocycles. The van der Waals surface area contributed by atoms with Gasteiger partial charge in [0.2, 0.25) is 0 Å². The molecule has 0 amide bonds. The van der Waals surface area contributed by atoms with Crippen LogP contribution in [0.15, 0.2) is 17.3 Å². The van der Waals surface area contributed by atoms with Crippen LogP contribution in [0.1, 0.15) is 0 Å². The highest BCUT2D eigenvalue weighted by Gasteiger charge is 2.15. The van der Waals surface area contributed by atoms with E-state index < -0.39 is 12.1 Å². The molecule has 1 atom stereocenters. The maximum Gasteiger partial charge on any atom is 0.331 e. The van der Waals surface area contributed by atoms with E-state index in [0.717, 1.165) is 0 Å². The number of cyclic esters (lactones) is 1. The quantitative estimate of drug-likeness (QED) is 0.394. The Morgan fingerprint density at radius 3 is 3.00 bits per heavy atom. The van der Waals surface area contributed by atoms with Crippen molar-refractivity contribution in [3.8, 4) is 0 Å². The summed E-state index contributed by atoms with van der Waals surface area (Å²) in [7, 11) is 0. The van der Waals surface area contributed by atoms with Crippen molar-refractivity contribution in [3.63, 3.8) is 0 Å². The summed E-state index contributed by atoms with van der Waals surface area (Å²) in [5.41, 5.74) is 0. The number of ether oxygens (including phenoxy) is 1. The van der Waals surface area contributed by atoms with Gasteiger partial charge in [-0.05, 0) is 6.08 Å². The van der Waals surface area contributed by atoms with Gasteiger partial charge in [0.05, 0.1) is 0 Å². The average Bonchev–Trinajstić information content (AvgIpc) is 2.17. The first kappa shape index (κ1) is 5.94. The fourth-order valence-electron chi connectivity index (χ4n) is 0.585. The van der Waals surface area contributed by atoms with Gasteiger partial charge in [-0.3, -0.25) is 0 Å². The van der Waals surface area contributed by atoms with Crippen molar-refractivity contribution in [1.82, 2.24) is 0 Å². The topological polar surface area (TPSA) is 55.7 Å². The van der Waals surface area contributed by atoms with Gasteiger partial charge in [-0.25, -0.2) is 4.79 Å². The van der Waals surface area contributed by atoms with Crippen molar-refractivity contribution in [2.75, 3.05) is 6.54 Å². The van der Waals surface area contributed by atoms with Gasteiger partial charge in [0.25, 0.3) is 0 Å². The molecule has 9 heavy (non-hydrogen) atoms. The summed E-state index contributed by atoms with van der Waals surface area (Å²) in [6, 6.07) is 0. The van der Waals surface area contributed by atoms with Gasteiger partial charge < -0.3 is 4.74 Å². The maximum absolute atomic E-state index is 10.3. The van der Waals surface area contributed by atoms with Gasteiger partial charge in [-0.15, -0.1) is 0 Å². The van der Waals surface area contributed by atoms with E-state index in [9.17, 15) is 9.70 Å². The molecule has 0 aromatic rings. The first-order valence-electron chi connectivity index (χ1n) is 2.51. The molecule has 1 aliphatic rings. The van der Waals surface area contributed by atoms with E-state index in [4.69, 9.17) is 0 Å². The normalized spacial score (nSPS) is 24.0. The maximum atomic E-state index is 10.3. The Hall–Kier alpha value is -1.19. The molecule has 1 rings (SSSR count). The van der Waals surface area contributed by atoms with E-state index in [2.05, 4.69) is 9.91 Å². The van der Waals surface area contributed by atoms with Crippen LogP contribution in [0.3, 0.4) is 0 Å². The summed E-state index contributed by atoms with van der Waals surface area (Å²) in [5.74, 6) is -0.399. The third-order valence-corrected chi connectivity index (χ3v) is 0.969. The van der Waals surface area contributed by atoms with Crippen molar-refractivity contribution in [1.29, 1.82) is 0 Å². The molecule has 0 spiro atoms. The number of carbonyl (C=O) groups excluding carboxylic acids is 1. The van der Waals surface area contributed by atoms with Crippen molar-refractivity contribution >= 4 is 5.97 Å². The number of nitrogens with zero attached hydrogens (tertiary/aromatic N) is 1. The lowest BCUT2D eigenvalue weighted by molar-refractivity contribution is -0.138. The second-order valence-electron chi connectivity index (χ2n) is 1.65. The van der Waals surface area contributed by atoms with Crippen molar-refractivity contribution in [2.45, 2.75) is 6.10 Å². The summed E-state index contributed by atoms with van der Waals surface area (Å²) >= 11 is 0. The Bertz CT molecular complexity index is 164. The molecule has 48 valence electrons. The van der Waals surface area contributed by atoms with Crippen LogP contribution in [-0.4, -0.2) is 18.6 Å². The number of carbonyl (C=O) groups is 1. The molecule has 0 aliphatic carbocycles. The van der Waals surface area contributed by atoms with E-state index >= 15 is 0 Å². The summed E-state index contributed by atoms with van der Waals surface area (Å²) in [5, 5.41) is 2.57. The minimum absolute atomic E-state index is 0.0161. The van der Waals surface area contributed by atoms with Crippen LogP contribution in [-0.2, 0) is 9.53 Å². The molecular formula is C5H5NO3. The molecule has 0 fully saturated rings. The second-order valence-corrected chi connectivity index (χ2v) is 1.65. The average molecular weight is 127 g/mol. The first-order valence-corrected chi connectivity index (χ1v) is 2.51. The number of hydrogen-bond donors (Lipinski definition) is 0. The Morgan fingerprint density at radius 1 is 1.78 bits per heavy atom. The fraction of sp³-hybridized carbons (Fsp3) is 0.400. The smallest absolute Gasteiger partial charge is 0.331 e. The van der Waals surface area contributed by atoms with E-state index in [0.29, 0.717) is 0 Å². The highest BCUT2D eigenvalue weighted by Crippen LogP contribution is 2.03. The lowest BCUT2D eigenvalue weighted by Crippen LogP contribution is -2.10. The molecule has 0 aromatic carbocycles. The number of hydrogen-bond acceptors (Lipinski definition) is 4. The molecule has 0 bridgehead atoms. The molecule has 0 aromatic heterocycles. The molecule has 0 unspecified atom stereocenters. The molecular weight excluding hydrogens is 122 g/mol. The summed E-state index contributed by atoms with van der Waals surface area (Å²) < 4.78 is 4.56. The van der Waals surface area contributed by atoms with Crippen LogP contribution < -0.4 is 0 Å². The Kier molecular flexibility index (Phi) is 1.58. The van der Waals surface area contributed by atoms with Gasteiger partial charge in [-0.1, -0.05) is 5.18 Å². The Balaban J connectivity index is 2.40. The van der Waals surface area contributed by atoms with Crippen LogP contribution in [0.25, 0.3) is 0 Å². The van der Waals surface area contributed by atoms with Gasteiger partial charge in [0, 0.05) is 6.08 Å². The van der Waals surface area contributed by atoms with Gasteiger partial charge in [0.1, 0.15) is 12.6 Å². The van der Waals surface area contributed by atoms with Crippen molar-refractivity contribution < 1.29 is 9.53 Å². The number of rotatable bonds is 2. The van der Waals surface area contributed by atoms with Crippen molar-refractivity contribution in [3.05, 3.63) is 17.1 Å². The summed E-state index contributed by atoms with van der Waals surface area (Å²) in [4.78, 5) is 19.9. The van der Waals surface area contributed by atoms with Crippen LogP contribution in [0.4, 0.5) is 0 Å². The SMILES string of the molecule is O=NC[C@@H]1C=CC(=O)O1. The van der Waals surface area contributed by atoms with Crippen LogP contribution in [0.2, 0.25) is 0 Å². The van der Waals surface area contributed by atoms with Crippen LogP contribution in [0.5, 0.6) is 0 Å². The molecule has 0 radical (unpaired) electrons. The summed E-state index contributed by atoms with van der Waals surface area (Å²) in [6.07, 6.45) is 2.38. The predicted octanol–water partition coefficient (Wildman–Crippen LogP) is 0.234. The van der Waals surface area contributed by atoms with Gasteiger partial charge >= 0.3 is 5.97 Å². The highest BCUT2D eigenvalue weighted by molar-refractivity contribution is 5.84. The van der Waals surface area contributed by atoms with E-state index in [1.807, 2.05) is 0 Å². The van der Waals surface area contributed by atoms with Gasteiger partial charge in [0.15, 0.2) is 0 Å². The zero-order chi connectivity index (χ0) is 6.69. The zero-order valence-corrected chi connectivity index (χ0v) is 4.61. The van der Waals surface area contributed by atoms with E-state index in [1.165, 1.54) is 12.2 Å². The summed E-state index contributed by atoms with van der Waals surface area (Å²) in [6.45, 7) is 0.0161. The number of nitroso groups, excluding NO2 is 1. The van der Waals surface area contributed by atoms with Crippen LogP contribution in [0, 0.1) is 4.91 Å². The standard InChI is InChI=1S/C5H5NO3/c7-5-2-1-4(9-5)3-6-8/h1-2,4H,3H2/t4-/m0/s1. The lowest BCUT2D eigenvalue weighted by Gasteiger charge is -1.99. The molecule has 0 N–H and O–H groups in total.